The second-order valence-electron chi connectivity index (χ2n) is 6.62. The van der Waals surface area contributed by atoms with E-state index in [9.17, 15) is 0 Å². The first-order valence-corrected chi connectivity index (χ1v) is 9.39. The van der Waals surface area contributed by atoms with Gasteiger partial charge in [-0.05, 0) is 42.8 Å². The van der Waals surface area contributed by atoms with E-state index in [1.165, 1.54) is 5.56 Å². The number of hydrogen-bond donors (Lipinski definition) is 2. The lowest BCUT2D eigenvalue weighted by atomic mass is 10.1. The standard InChI is InChI=1S/C23H20ClN3O/c1-15-6-10-17(11-7-15)28-18-12-8-16(9-13-18)14-26-22-19-4-2-3-5-20(19)27-23(24)21(22)25/h2-13H,14,25H2,1H3,(H,26,27). The molecule has 0 unspecified atom stereocenters. The van der Waals surface area contributed by atoms with Crippen LogP contribution in [0.5, 0.6) is 11.5 Å². The van der Waals surface area contributed by atoms with Crippen LogP contribution in [-0.4, -0.2) is 4.98 Å². The molecule has 0 saturated carbocycles. The lowest BCUT2D eigenvalue weighted by molar-refractivity contribution is 0.482. The Bertz CT molecular complexity index is 1110. The van der Waals surface area contributed by atoms with Crippen molar-refractivity contribution in [3.05, 3.63) is 89.1 Å². The van der Waals surface area contributed by atoms with E-state index in [1.54, 1.807) is 0 Å². The molecular weight excluding hydrogens is 370 g/mol. The molecule has 0 atom stereocenters. The first kappa shape index (κ1) is 18.1. The van der Waals surface area contributed by atoms with Crippen molar-refractivity contribution >= 4 is 33.9 Å². The molecule has 0 aliphatic rings. The van der Waals surface area contributed by atoms with Crippen LogP contribution in [-0.2, 0) is 6.54 Å². The molecule has 5 heteroatoms. The van der Waals surface area contributed by atoms with Gasteiger partial charge in [0, 0.05) is 11.9 Å². The summed E-state index contributed by atoms with van der Waals surface area (Å²) in [4.78, 5) is 4.33. The number of nitrogens with two attached hydrogens (primary N) is 1. The lowest BCUT2D eigenvalue weighted by Crippen LogP contribution is -2.05. The van der Waals surface area contributed by atoms with Crippen molar-refractivity contribution < 1.29 is 4.74 Å². The van der Waals surface area contributed by atoms with E-state index in [-0.39, 0.29) is 0 Å². The molecule has 1 aromatic heterocycles. The zero-order valence-corrected chi connectivity index (χ0v) is 16.2. The summed E-state index contributed by atoms with van der Waals surface area (Å²) in [5, 5.41) is 4.65. The van der Waals surface area contributed by atoms with Gasteiger partial charge >= 0.3 is 0 Å². The maximum absolute atomic E-state index is 6.19. The molecule has 0 radical (unpaired) electrons. The number of nitrogen functional groups attached to an aromatic ring is 1. The summed E-state index contributed by atoms with van der Waals surface area (Å²) in [5.74, 6) is 1.62. The molecule has 0 bridgehead atoms. The predicted octanol–water partition coefficient (Wildman–Crippen LogP) is 6.18. The Morgan fingerprint density at radius 1 is 0.929 bits per heavy atom. The van der Waals surface area contributed by atoms with E-state index in [0.717, 1.165) is 33.7 Å². The molecule has 0 aliphatic carbocycles. The Hall–Kier alpha value is -3.24. The molecule has 0 aliphatic heterocycles. The summed E-state index contributed by atoms with van der Waals surface area (Å²) < 4.78 is 5.88. The van der Waals surface area contributed by atoms with Gasteiger partial charge in [0.05, 0.1) is 16.9 Å². The largest absolute Gasteiger partial charge is 0.457 e. The summed E-state index contributed by atoms with van der Waals surface area (Å²) in [6.07, 6.45) is 0. The number of aromatic nitrogens is 1. The number of halogens is 1. The fraction of sp³-hybridized carbons (Fsp3) is 0.0870. The minimum absolute atomic E-state index is 0.308. The molecule has 1 heterocycles. The first-order chi connectivity index (χ1) is 13.6. The lowest BCUT2D eigenvalue weighted by Gasteiger charge is -2.14. The van der Waals surface area contributed by atoms with Crippen molar-refractivity contribution in [1.82, 2.24) is 4.98 Å². The van der Waals surface area contributed by atoms with Crippen molar-refractivity contribution in [1.29, 1.82) is 0 Å². The van der Waals surface area contributed by atoms with E-state index >= 15 is 0 Å². The van der Waals surface area contributed by atoms with Gasteiger partial charge in [0.1, 0.15) is 11.5 Å². The predicted molar refractivity (Wildman–Crippen MR) is 116 cm³/mol. The van der Waals surface area contributed by atoms with Crippen LogP contribution in [0.2, 0.25) is 5.15 Å². The summed E-state index contributed by atoms with van der Waals surface area (Å²) >= 11 is 6.19. The maximum Gasteiger partial charge on any atom is 0.154 e. The molecule has 28 heavy (non-hydrogen) atoms. The van der Waals surface area contributed by atoms with Crippen molar-refractivity contribution in [3.8, 4) is 11.5 Å². The highest BCUT2D eigenvalue weighted by atomic mass is 35.5. The highest BCUT2D eigenvalue weighted by Crippen LogP contribution is 2.33. The van der Waals surface area contributed by atoms with Crippen LogP contribution in [0.25, 0.3) is 10.9 Å². The third-order valence-electron chi connectivity index (χ3n) is 4.53. The fourth-order valence-electron chi connectivity index (χ4n) is 3.00. The molecule has 0 fully saturated rings. The minimum Gasteiger partial charge on any atom is -0.457 e. The molecule has 3 aromatic carbocycles. The first-order valence-electron chi connectivity index (χ1n) is 9.01. The van der Waals surface area contributed by atoms with Gasteiger partial charge in [0.25, 0.3) is 0 Å². The van der Waals surface area contributed by atoms with Gasteiger partial charge in [-0.1, -0.05) is 59.6 Å². The van der Waals surface area contributed by atoms with Crippen molar-refractivity contribution in [2.75, 3.05) is 11.1 Å². The SMILES string of the molecule is Cc1ccc(Oc2ccc(CNc3c(N)c(Cl)nc4ccccc34)cc2)cc1. The molecule has 4 rings (SSSR count). The number of rotatable bonds is 5. The normalized spacial score (nSPS) is 10.8. The van der Waals surface area contributed by atoms with Crippen LogP contribution in [0.15, 0.2) is 72.8 Å². The van der Waals surface area contributed by atoms with Gasteiger partial charge in [-0.25, -0.2) is 4.98 Å². The highest BCUT2D eigenvalue weighted by molar-refractivity contribution is 6.33. The van der Waals surface area contributed by atoms with Crippen LogP contribution in [0.3, 0.4) is 0 Å². The number of ether oxygens (including phenoxy) is 1. The van der Waals surface area contributed by atoms with Gasteiger partial charge in [-0.3, -0.25) is 0 Å². The number of hydrogen-bond acceptors (Lipinski definition) is 4. The van der Waals surface area contributed by atoms with Crippen molar-refractivity contribution in [2.45, 2.75) is 13.5 Å². The van der Waals surface area contributed by atoms with Gasteiger partial charge in [0.15, 0.2) is 5.15 Å². The summed E-state index contributed by atoms with van der Waals surface area (Å²) in [7, 11) is 0. The maximum atomic E-state index is 6.19. The summed E-state index contributed by atoms with van der Waals surface area (Å²) in [6, 6.07) is 23.7. The monoisotopic (exact) mass is 389 g/mol. The Balaban J connectivity index is 1.49. The highest BCUT2D eigenvalue weighted by Gasteiger charge is 2.11. The number of nitrogens with zero attached hydrogens (tertiary/aromatic N) is 1. The van der Waals surface area contributed by atoms with Gasteiger partial charge < -0.3 is 15.8 Å². The second kappa shape index (κ2) is 7.79. The Kier molecular flexibility index (Phi) is 5.04. The topological polar surface area (TPSA) is 60.2 Å². The van der Waals surface area contributed by atoms with Crippen LogP contribution in [0, 0.1) is 6.92 Å². The van der Waals surface area contributed by atoms with E-state index in [4.69, 9.17) is 22.1 Å². The zero-order valence-electron chi connectivity index (χ0n) is 15.4. The van der Waals surface area contributed by atoms with E-state index in [1.807, 2.05) is 72.8 Å². The Labute approximate surface area is 168 Å². The molecule has 0 spiro atoms. The summed E-state index contributed by atoms with van der Waals surface area (Å²) in [6.45, 7) is 2.66. The zero-order chi connectivity index (χ0) is 19.5. The molecular formula is C23H20ClN3O. The summed E-state index contributed by atoms with van der Waals surface area (Å²) in [5.41, 5.74) is 10.5. The van der Waals surface area contributed by atoms with Crippen molar-refractivity contribution in [2.24, 2.45) is 0 Å². The van der Waals surface area contributed by atoms with E-state index in [0.29, 0.717) is 17.4 Å². The number of nitrogens with one attached hydrogen (secondary N) is 1. The number of anilines is 2. The van der Waals surface area contributed by atoms with Crippen molar-refractivity contribution in [3.63, 3.8) is 0 Å². The molecule has 3 N–H and O–H groups in total. The second-order valence-corrected chi connectivity index (χ2v) is 6.98. The average Bonchev–Trinajstić information content (AvgIpc) is 2.71. The Morgan fingerprint density at radius 2 is 1.57 bits per heavy atom. The molecule has 4 nitrogen and oxygen atoms in total. The van der Waals surface area contributed by atoms with Gasteiger partial charge in [-0.2, -0.15) is 0 Å². The third kappa shape index (κ3) is 3.87. The number of benzene rings is 3. The number of pyridine rings is 1. The number of fused-ring (bicyclic) bond motifs is 1. The van der Waals surface area contributed by atoms with Crippen LogP contribution >= 0.6 is 11.6 Å². The number of aryl methyl sites for hydroxylation is 1. The van der Waals surface area contributed by atoms with Gasteiger partial charge in [-0.15, -0.1) is 0 Å². The van der Waals surface area contributed by atoms with E-state index in [2.05, 4.69) is 17.2 Å². The average molecular weight is 390 g/mol. The Morgan fingerprint density at radius 3 is 2.29 bits per heavy atom. The number of para-hydroxylation sites is 1. The van der Waals surface area contributed by atoms with Gasteiger partial charge in [0.2, 0.25) is 0 Å². The molecule has 140 valence electrons. The minimum atomic E-state index is 0.308. The molecule has 0 saturated heterocycles. The fourth-order valence-corrected chi connectivity index (χ4v) is 3.18. The van der Waals surface area contributed by atoms with E-state index < -0.39 is 0 Å². The van der Waals surface area contributed by atoms with Crippen LogP contribution < -0.4 is 15.8 Å². The van der Waals surface area contributed by atoms with Crippen LogP contribution in [0.4, 0.5) is 11.4 Å². The smallest absolute Gasteiger partial charge is 0.154 e. The molecule has 4 aromatic rings. The molecule has 0 amide bonds. The van der Waals surface area contributed by atoms with Crippen LogP contribution in [0.1, 0.15) is 11.1 Å². The third-order valence-corrected chi connectivity index (χ3v) is 4.82. The quantitative estimate of drug-likeness (QED) is 0.400.